The summed E-state index contributed by atoms with van der Waals surface area (Å²) in [5, 5.41) is 2.52. The number of para-hydroxylation sites is 1. The van der Waals surface area contributed by atoms with Crippen molar-refractivity contribution in [1.82, 2.24) is 4.98 Å². The first-order valence-electron chi connectivity index (χ1n) is 7.66. The fraction of sp³-hybridized carbons (Fsp3) is 0.333. The molecule has 0 saturated carbocycles. The maximum atomic E-state index is 6.48. The van der Waals surface area contributed by atoms with Gasteiger partial charge in [-0.25, -0.2) is 0 Å². The van der Waals surface area contributed by atoms with Crippen molar-refractivity contribution in [2.75, 3.05) is 13.2 Å². The van der Waals surface area contributed by atoms with Crippen LogP contribution in [-0.2, 0) is 4.74 Å². The van der Waals surface area contributed by atoms with Crippen LogP contribution in [0.4, 0.5) is 0 Å². The van der Waals surface area contributed by atoms with Crippen LogP contribution in [0.25, 0.3) is 21.8 Å². The number of ether oxygens (including phenoxy) is 1. The number of nitrogens with two attached hydrogens (primary N) is 1. The van der Waals surface area contributed by atoms with E-state index in [-0.39, 0.29) is 6.04 Å². The van der Waals surface area contributed by atoms with Gasteiger partial charge in [0.25, 0.3) is 0 Å². The summed E-state index contributed by atoms with van der Waals surface area (Å²) in [5.41, 5.74) is 10.0. The SMILES string of the molecule is NC(c1ccc2[nH]c3ccccc3c2c1)C1CCCOC1. The first-order chi connectivity index (χ1) is 10.3. The predicted molar refractivity (Wildman–Crippen MR) is 86.3 cm³/mol. The second-order valence-corrected chi connectivity index (χ2v) is 5.98. The smallest absolute Gasteiger partial charge is 0.0512 e. The van der Waals surface area contributed by atoms with E-state index in [1.54, 1.807) is 0 Å². The molecule has 21 heavy (non-hydrogen) atoms. The third kappa shape index (κ3) is 2.23. The van der Waals surface area contributed by atoms with E-state index in [4.69, 9.17) is 10.5 Å². The fourth-order valence-electron chi connectivity index (χ4n) is 3.39. The van der Waals surface area contributed by atoms with E-state index in [1.165, 1.54) is 27.4 Å². The summed E-state index contributed by atoms with van der Waals surface area (Å²) in [7, 11) is 0. The summed E-state index contributed by atoms with van der Waals surface area (Å²) in [6, 6.07) is 15.0. The number of hydrogen-bond donors (Lipinski definition) is 2. The van der Waals surface area contributed by atoms with Gasteiger partial charge in [0.15, 0.2) is 0 Å². The lowest BCUT2D eigenvalue weighted by Crippen LogP contribution is -2.28. The highest BCUT2D eigenvalue weighted by Crippen LogP contribution is 2.31. The van der Waals surface area contributed by atoms with E-state index >= 15 is 0 Å². The summed E-state index contributed by atoms with van der Waals surface area (Å²) in [4.78, 5) is 3.46. The van der Waals surface area contributed by atoms with Crippen LogP contribution in [-0.4, -0.2) is 18.2 Å². The molecule has 1 aromatic heterocycles. The first-order valence-corrected chi connectivity index (χ1v) is 7.66. The molecule has 3 aromatic rings. The highest BCUT2D eigenvalue weighted by molar-refractivity contribution is 6.07. The van der Waals surface area contributed by atoms with Crippen LogP contribution in [0.1, 0.15) is 24.4 Å². The summed E-state index contributed by atoms with van der Waals surface area (Å²) in [6.45, 7) is 1.66. The Kier molecular flexibility index (Phi) is 3.17. The van der Waals surface area contributed by atoms with Crippen LogP contribution < -0.4 is 5.73 Å². The van der Waals surface area contributed by atoms with Gasteiger partial charge < -0.3 is 15.5 Å². The van der Waals surface area contributed by atoms with Gasteiger partial charge in [-0.15, -0.1) is 0 Å². The number of rotatable bonds is 2. The molecule has 0 radical (unpaired) electrons. The third-order valence-electron chi connectivity index (χ3n) is 4.62. The van der Waals surface area contributed by atoms with Crippen LogP contribution in [0.15, 0.2) is 42.5 Å². The summed E-state index contributed by atoms with van der Waals surface area (Å²) < 4.78 is 5.58. The van der Waals surface area contributed by atoms with Gasteiger partial charge in [0.05, 0.1) is 6.61 Å². The maximum absolute atomic E-state index is 6.48. The zero-order valence-electron chi connectivity index (χ0n) is 12.0. The molecule has 3 N–H and O–H groups in total. The lowest BCUT2D eigenvalue weighted by molar-refractivity contribution is 0.0448. The van der Waals surface area contributed by atoms with Gasteiger partial charge in [0.2, 0.25) is 0 Å². The summed E-state index contributed by atoms with van der Waals surface area (Å²) in [5.74, 6) is 0.432. The van der Waals surface area contributed by atoms with Gasteiger partial charge in [0, 0.05) is 40.4 Å². The number of aromatic nitrogens is 1. The molecule has 0 amide bonds. The van der Waals surface area contributed by atoms with E-state index in [0.29, 0.717) is 5.92 Å². The van der Waals surface area contributed by atoms with Gasteiger partial charge in [0.1, 0.15) is 0 Å². The van der Waals surface area contributed by atoms with Crippen LogP contribution in [0.3, 0.4) is 0 Å². The van der Waals surface area contributed by atoms with Crippen LogP contribution in [0.2, 0.25) is 0 Å². The molecule has 2 heterocycles. The monoisotopic (exact) mass is 280 g/mol. The van der Waals surface area contributed by atoms with Crippen molar-refractivity contribution in [3.8, 4) is 0 Å². The Bertz CT molecular complexity index is 771. The molecule has 2 atom stereocenters. The average Bonchev–Trinajstić information content (AvgIpc) is 2.93. The van der Waals surface area contributed by atoms with Crippen LogP contribution in [0, 0.1) is 5.92 Å². The van der Waals surface area contributed by atoms with Gasteiger partial charge in [-0.05, 0) is 36.6 Å². The Labute approximate surface area is 124 Å². The molecule has 108 valence electrons. The van der Waals surface area contributed by atoms with Crippen molar-refractivity contribution >= 4 is 21.8 Å². The van der Waals surface area contributed by atoms with Crippen LogP contribution >= 0.6 is 0 Å². The molecule has 3 heteroatoms. The van der Waals surface area contributed by atoms with Crippen molar-refractivity contribution in [2.24, 2.45) is 11.7 Å². The number of fused-ring (bicyclic) bond motifs is 3. The Morgan fingerprint density at radius 2 is 1.95 bits per heavy atom. The zero-order valence-corrected chi connectivity index (χ0v) is 12.0. The molecule has 2 aromatic carbocycles. The highest BCUT2D eigenvalue weighted by Gasteiger charge is 2.22. The number of aromatic amines is 1. The fourth-order valence-corrected chi connectivity index (χ4v) is 3.39. The summed E-state index contributed by atoms with van der Waals surface area (Å²) >= 11 is 0. The normalized spacial score (nSPS) is 20.9. The van der Waals surface area contributed by atoms with Gasteiger partial charge in [-0.1, -0.05) is 24.3 Å². The van der Waals surface area contributed by atoms with Crippen molar-refractivity contribution in [2.45, 2.75) is 18.9 Å². The lowest BCUT2D eigenvalue weighted by atomic mass is 9.89. The second kappa shape index (κ2) is 5.17. The number of nitrogens with one attached hydrogen (secondary N) is 1. The standard InChI is InChI=1S/C18H20N2O/c19-18(13-4-3-9-21-11-13)12-7-8-17-15(10-12)14-5-1-2-6-16(14)20-17/h1-2,5-8,10,13,18,20H,3-4,9,11,19H2. The van der Waals surface area contributed by atoms with Crippen molar-refractivity contribution in [1.29, 1.82) is 0 Å². The molecule has 2 unspecified atom stereocenters. The predicted octanol–water partition coefficient (Wildman–Crippen LogP) is 3.75. The molecule has 1 aliphatic heterocycles. The highest BCUT2D eigenvalue weighted by atomic mass is 16.5. The van der Waals surface area contributed by atoms with Crippen molar-refractivity contribution < 1.29 is 4.74 Å². The van der Waals surface area contributed by atoms with Gasteiger partial charge >= 0.3 is 0 Å². The van der Waals surface area contributed by atoms with E-state index in [9.17, 15) is 0 Å². The van der Waals surface area contributed by atoms with Crippen molar-refractivity contribution in [3.05, 3.63) is 48.0 Å². The topological polar surface area (TPSA) is 51.0 Å². The first kappa shape index (κ1) is 12.9. The molecule has 1 aliphatic rings. The average molecular weight is 280 g/mol. The molecular weight excluding hydrogens is 260 g/mol. The quantitative estimate of drug-likeness (QED) is 0.751. The van der Waals surface area contributed by atoms with E-state index in [1.807, 2.05) is 0 Å². The minimum absolute atomic E-state index is 0.0587. The second-order valence-electron chi connectivity index (χ2n) is 5.98. The molecule has 1 fully saturated rings. The molecule has 3 nitrogen and oxygen atoms in total. The Morgan fingerprint density at radius 1 is 1.10 bits per heavy atom. The molecule has 0 bridgehead atoms. The van der Waals surface area contributed by atoms with Crippen molar-refractivity contribution in [3.63, 3.8) is 0 Å². The number of hydrogen-bond acceptors (Lipinski definition) is 2. The molecule has 0 spiro atoms. The zero-order chi connectivity index (χ0) is 14.2. The minimum Gasteiger partial charge on any atom is -0.381 e. The minimum atomic E-state index is 0.0587. The van der Waals surface area contributed by atoms with Gasteiger partial charge in [-0.3, -0.25) is 0 Å². The summed E-state index contributed by atoms with van der Waals surface area (Å²) in [6.07, 6.45) is 2.28. The molecular formula is C18H20N2O. The van der Waals surface area contributed by atoms with Crippen LogP contribution in [0.5, 0.6) is 0 Å². The lowest BCUT2D eigenvalue weighted by Gasteiger charge is -2.27. The third-order valence-corrected chi connectivity index (χ3v) is 4.62. The van der Waals surface area contributed by atoms with Gasteiger partial charge in [-0.2, -0.15) is 0 Å². The Hall–Kier alpha value is -1.84. The van der Waals surface area contributed by atoms with E-state index in [0.717, 1.165) is 26.1 Å². The molecule has 4 rings (SSSR count). The number of benzene rings is 2. The molecule has 1 saturated heterocycles. The largest absolute Gasteiger partial charge is 0.381 e. The van der Waals surface area contributed by atoms with E-state index < -0.39 is 0 Å². The van der Waals surface area contributed by atoms with E-state index in [2.05, 4.69) is 47.4 Å². The maximum Gasteiger partial charge on any atom is 0.0512 e. The molecule has 0 aliphatic carbocycles. The Balaban J connectivity index is 1.76. The Morgan fingerprint density at radius 3 is 2.81 bits per heavy atom. The number of H-pyrrole nitrogens is 1.